The number of amides is 1. The minimum Gasteiger partial charge on any atom is -0.460 e. The number of esters is 1. The van der Waals surface area contributed by atoms with Crippen molar-refractivity contribution in [2.45, 2.75) is 83.4 Å². The van der Waals surface area contributed by atoms with Gasteiger partial charge >= 0.3 is 5.97 Å². The monoisotopic (exact) mass is 438 g/mol. The van der Waals surface area contributed by atoms with Crippen LogP contribution in [0.15, 0.2) is 18.2 Å². The van der Waals surface area contributed by atoms with E-state index in [2.05, 4.69) is 5.32 Å². The second-order valence-electron chi connectivity index (χ2n) is 9.43. The third-order valence-electron chi connectivity index (χ3n) is 5.75. The summed E-state index contributed by atoms with van der Waals surface area (Å²) in [5.74, 6) is -0.760. The van der Waals surface area contributed by atoms with Gasteiger partial charge in [0.05, 0.1) is 5.92 Å². The van der Waals surface area contributed by atoms with E-state index in [1.54, 1.807) is 6.07 Å². The van der Waals surface area contributed by atoms with E-state index in [9.17, 15) is 14.0 Å². The minimum absolute atomic E-state index is 0.0164. The Labute approximate surface area is 183 Å². The molecule has 0 spiro atoms. The third-order valence-corrected chi connectivity index (χ3v) is 5.97. The Bertz CT molecular complexity index is 760. The minimum atomic E-state index is -0.510. The van der Waals surface area contributed by atoms with Gasteiger partial charge in [0.1, 0.15) is 17.5 Å². The lowest BCUT2D eigenvalue weighted by atomic mass is 9.84. The highest BCUT2D eigenvalue weighted by Gasteiger charge is 2.37. The number of nitrogens with zero attached hydrogens (tertiary/aromatic N) is 1. The first-order valence-corrected chi connectivity index (χ1v) is 11.3. The molecule has 1 unspecified atom stereocenters. The molecular weight excluding hydrogens is 407 g/mol. The topological polar surface area (TPSA) is 58.6 Å². The molecule has 2 aliphatic rings. The first-order valence-electron chi connectivity index (χ1n) is 10.9. The van der Waals surface area contributed by atoms with Crippen LogP contribution in [0.3, 0.4) is 0 Å². The van der Waals surface area contributed by atoms with Gasteiger partial charge < -0.3 is 15.0 Å². The van der Waals surface area contributed by atoms with Crippen molar-refractivity contribution < 1.29 is 18.7 Å². The van der Waals surface area contributed by atoms with Crippen molar-refractivity contribution >= 4 is 29.2 Å². The van der Waals surface area contributed by atoms with Gasteiger partial charge in [-0.1, -0.05) is 18.0 Å². The Morgan fingerprint density at radius 2 is 1.93 bits per heavy atom. The average molecular weight is 439 g/mol. The van der Waals surface area contributed by atoms with Gasteiger partial charge in [0.2, 0.25) is 5.91 Å². The fourth-order valence-electron chi connectivity index (χ4n) is 4.45. The molecular formula is C23H32ClFN2O3. The van der Waals surface area contributed by atoms with Gasteiger partial charge in [0.25, 0.3) is 0 Å². The number of hydrogen-bond acceptors (Lipinski definition) is 4. The summed E-state index contributed by atoms with van der Waals surface area (Å²) in [5, 5.41) is 3.47. The van der Waals surface area contributed by atoms with Gasteiger partial charge in [-0.2, -0.15) is 0 Å². The molecule has 0 bridgehead atoms. The maximum atomic E-state index is 13.7. The normalized spacial score (nSPS) is 25.6. The van der Waals surface area contributed by atoms with Crippen LogP contribution in [0.1, 0.15) is 65.7 Å². The molecule has 0 radical (unpaired) electrons. The van der Waals surface area contributed by atoms with Gasteiger partial charge in [-0.05, 0) is 77.5 Å². The van der Waals surface area contributed by atoms with Gasteiger partial charge in [0.15, 0.2) is 0 Å². The smallest absolute Gasteiger partial charge is 0.309 e. The quantitative estimate of drug-likeness (QED) is 0.658. The van der Waals surface area contributed by atoms with Crippen LogP contribution in [0.5, 0.6) is 0 Å². The number of hydrogen-bond donors (Lipinski definition) is 1. The Kier molecular flexibility index (Phi) is 7.27. The molecule has 2 fully saturated rings. The van der Waals surface area contributed by atoms with E-state index in [0.717, 1.165) is 32.1 Å². The second kappa shape index (κ2) is 9.54. The summed E-state index contributed by atoms with van der Waals surface area (Å²) in [5.41, 5.74) is -0.000521. The van der Waals surface area contributed by atoms with E-state index >= 15 is 0 Å². The van der Waals surface area contributed by atoms with E-state index in [1.807, 2.05) is 25.7 Å². The predicted octanol–water partition coefficient (Wildman–Crippen LogP) is 5.17. The molecule has 1 aromatic rings. The maximum absolute atomic E-state index is 13.7. The van der Waals surface area contributed by atoms with E-state index in [4.69, 9.17) is 16.3 Å². The Morgan fingerprint density at radius 1 is 1.17 bits per heavy atom. The van der Waals surface area contributed by atoms with Crippen LogP contribution in [0.4, 0.5) is 10.1 Å². The molecule has 1 N–H and O–H groups in total. The van der Waals surface area contributed by atoms with Crippen molar-refractivity contribution in [2.75, 3.05) is 11.9 Å². The summed E-state index contributed by atoms with van der Waals surface area (Å²) in [6.07, 6.45) is 5.74. The molecule has 1 aromatic carbocycles. The van der Waals surface area contributed by atoms with Crippen molar-refractivity contribution in [1.82, 2.24) is 4.90 Å². The van der Waals surface area contributed by atoms with Crippen LogP contribution in [0, 0.1) is 11.7 Å². The lowest BCUT2D eigenvalue weighted by molar-refractivity contribution is -0.162. The van der Waals surface area contributed by atoms with E-state index in [0.29, 0.717) is 30.1 Å². The lowest BCUT2D eigenvalue weighted by Crippen LogP contribution is -2.49. The van der Waals surface area contributed by atoms with Crippen molar-refractivity contribution in [3.8, 4) is 0 Å². The van der Waals surface area contributed by atoms with Crippen LogP contribution in [0.25, 0.3) is 0 Å². The fourth-order valence-corrected chi connectivity index (χ4v) is 4.67. The molecule has 3 atom stereocenters. The number of carbonyl (C=O) groups excluding carboxylic acids is 2. The number of halogens is 2. The number of rotatable bonds is 4. The standard InChI is InChI=1S/C23H32ClFN2O3/c1-23(2,3)30-22(29)15-7-6-8-19(11-15)27-10-5-4-9-20(21(27)28)26-18-13-16(24)12-17(25)14-18/h12-15,19-20,26H,4-11H2,1-3H3/t15?,19-,20-/m1/s1. The summed E-state index contributed by atoms with van der Waals surface area (Å²) < 4.78 is 19.3. The van der Waals surface area contributed by atoms with E-state index in [-0.39, 0.29) is 23.8 Å². The highest BCUT2D eigenvalue weighted by Crippen LogP contribution is 2.32. The number of anilines is 1. The molecule has 166 valence electrons. The Balaban J connectivity index is 1.69. The molecule has 5 nitrogen and oxygen atoms in total. The molecule has 7 heteroatoms. The molecule has 30 heavy (non-hydrogen) atoms. The molecule has 1 saturated carbocycles. The third kappa shape index (κ3) is 6.10. The van der Waals surface area contributed by atoms with Gasteiger partial charge in [0, 0.05) is 23.3 Å². The summed E-state index contributed by atoms with van der Waals surface area (Å²) >= 11 is 5.96. The summed E-state index contributed by atoms with van der Waals surface area (Å²) in [6, 6.07) is 3.83. The van der Waals surface area contributed by atoms with E-state index < -0.39 is 17.5 Å². The first kappa shape index (κ1) is 22.9. The largest absolute Gasteiger partial charge is 0.460 e. The van der Waals surface area contributed by atoms with Crippen molar-refractivity contribution in [3.63, 3.8) is 0 Å². The zero-order valence-electron chi connectivity index (χ0n) is 18.0. The molecule has 0 aromatic heterocycles. The number of benzene rings is 1. The molecule has 1 heterocycles. The molecule has 1 saturated heterocycles. The van der Waals surface area contributed by atoms with E-state index in [1.165, 1.54) is 12.1 Å². The van der Waals surface area contributed by atoms with Crippen LogP contribution < -0.4 is 5.32 Å². The molecule has 1 aliphatic heterocycles. The van der Waals surface area contributed by atoms with Crippen LogP contribution >= 0.6 is 11.6 Å². The first-order chi connectivity index (χ1) is 14.1. The zero-order chi connectivity index (χ0) is 21.9. The predicted molar refractivity (Wildman–Crippen MR) is 116 cm³/mol. The lowest BCUT2D eigenvalue weighted by Gasteiger charge is -2.38. The SMILES string of the molecule is CC(C)(C)OC(=O)C1CCC[C@@H](N2CCCC[C@@H](Nc3cc(F)cc(Cl)c3)C2=O)C1. The average Bonchev–Trinajstić information content (AvgIpc) is 2.82. The highest BCUT2D eigenvalue weighted by molar-refractivity contribution is 6.30. The Morgan fingerprint density at radius 3 is 2.63 bits per heavy atom. The summed E-state index contributed by atoms with van der Waals surface area (Å²) in [4.78, 5) is 27.9. The number of carbonyl (C=O) groups is 2. The Hall–Kier alpha value is -1.82. The molecule has 1 amide bonds. The maximum Gasteiger partial charge on any atom is 0.309 e. The van der Waals surface area contributed by atoms with Crippen LogP contribution in [-0.4, -0.2) is 41.0 Å². The van der Waals surface area contributed by atoms with Crippen molar-refractivity contribution in [3.05, 3.63) is 29.0 Å². The van der Waals surface area contributed by atoms with Gasteiger partial charge in [-0.3, -0.25) is 9.59 Å². The van der Waals surface area contributed by atoms with Crippen molar-refractivity contribution in [2.24, 2.45) is 5.92 Å². The van der Waals surface area contributed by atoms with Gasteiger partial charge in [-0.15, -0.1) is 0 Å². The van der Waals surface area contributed by atoms with Crippen LogP contribution in [0.2, 0.25) is 5.02 Å². The molecule has 3 rings (SSSR count). The summed E-state index contributed by atoms with van der Waals surface area (Å²) in [6.45, 7) is 6.31. The number of ether oxygens (including phenoxy) is 1. The molecule has 1 aliphatic carbocycles. The number of nitrogens with one attached hydrogen (secondary N) is 1. The fraction of sp³-hybridized carbons (Fsp3) is 0.652. The second-order valence-corrected chi connectivity index (χ2v) is 9.87. The zero-order valence-corrected chi connectivity index (χ0v) is 18.8. The van der Waals surface area contributed by atoms with Gasteiger partial charge in [-0.25, -0.2) is 4.39 Å². The highest BCUT2D eigenvalue weighted by atomic mass is 35.5. The number of likely N-dealkylation sites (tertiary alicyclic amines) is 1. The van der Waals surface area contributed by atoms with Crippen molar-refractivity contribution in [1.29, 1.82) is 0 Å². The summed E-state index contributed by atoms with van der Waals surface area (Å²) in [7, 11) is 0. The van der Waals surface area contributed by atoms with Crippen LogP contribution in [-0.2, 0) is 14.3 Å².